The van der Waals surface area contributed by atoms with E-state index in [1.165, 1.54) is 0 Å². The number of hydrogen-bond donors (Lipinski definition) is 2. The van der Waals surface area contributed by atoms with Crippen LogP contribution in [0, 0.1) is 18.3 Å². The molecule has 5 nitrogen and oxygen atoms in total. The summed E-state index contributed by atoms with van der Waals surface area (Å²) in [4.78, 5) is 26.0. The van der Waals surface area contributed by atoms with Gasteiger partial charge in [0.1, 0.15) is 11.6 Å². The summed E-state index contributed by atoms with van der Waals surface area (Å²) in [6.07, 6.45) is 0. The Morgan fingerprint density at radius 2 is 2.10 bits per heavy atom. The van der Waals surface area contributed by atoms with Gasteiger partial charge >= 0.3 is 0 Å². The lowest BCUT2D eigenvalue weighted by molar-refractivity contribution is 0.0963. The fraction of sp³-hybridized carbons (Fsp3) is 0.133. The molecule has 100 valence electrons. The van der Waals surface area contributed by atoms with Gasteiger partial charge in [0, 0.05) is 23.9 Å². The molecule has 0 aliphatic heterocycles. The average molecular weight is 267 g/mol. The number of carbonyl (C=O) groups excluding carboxylic acids is 1. The molecular formula is C15H13N3O2. The summed E-state index contributed by atoms with van der Waals surface area (Å²) in [5.41, 5.74) is 1.95. The second-order valence-corrected chi connectivity index (χ2v) is 4.34. The number of H-pyrrole nitrogens is 1. The number of nitriles is 1. The van der Waals surface area contributed by atoms with Crippen molar-refractivity contribution in [1.29, 1.82) is 5.26 Å². The van der Waals surface area contributed by atoms with Gasteiger partial charge in [-0.1, -0.05) is 12.1 Å². The lowest BCUT2D eigenvalue weighted by Crippen LogP contribution is -2.17. The topological polar surface area (TPSA) is 85.8 Å². The maximum absolute atomic E-state index is 11.8. The van der Waals surface area contributed by atoms with Crippen molar-refractivity contribution in [3.63, 3.8) is 0 Å². The second kappa shape index (κ2) is 5.41. The Balaban J connectivity index is 2.66. The Morgan fingerprint density at radius 1 is 1.35 bits per heavy atom. The van der Waals surface area contributed by atoms with Crippen molar-refractivity contribution in [2.24, 2.45) is 0 Å². The lowest BCUT2D eigenvalue weighted by atomic mass is 9.99. The number of nitrogens with one attached hydrogen (secondary N) is 2. The van der Waals surface area contributed by atoms with Gasteiger partial charge in [0.05, 0.1) is 0 Å². The van der Waals surface area contributed by atoms with Crippen molar-refractivity contribution in [2.45, 2.75) is 6.92 Å². The van der Waals surface area contributed by atoms with Gasteiger partial charge in [-0.2, -0.15) is 5.26 Å². The largest absolute Gasteiger partial charge is 0.355 e. The summed E-state index contributed by atoms with van der Waals surface area (Å²) in [7, 11) is 1.55. The molecule has 0 aliphatic rings. The van der Waals surface area contributed by atoms with Gasteiger partial charge in [0.25, 0.3) is 11.5 Å². The molecule has 2 N–H and O–H groups in total. The smallest absolute Gasteiger partial charge is 0.266 e. The van der Waals surface area contributed by atoms with Crippen LogP contribution in [-0.4, -0.2) is 17.9 Å². The fourth-order valence-electron chi connectivity index (χ4n) is 2.00. The minimum Gasteiger partial charge on any atom is -0.355 e. The van der Waals surface area contributed by atoms with Gasteiger partial charge in [0.2, 0.25) is 0 Å². The third-order valence-corrected chi connectivity index (χ3v) is 2.94. The van der Waals surface area contributed by atoms with Crippen molar-refractivity contribution < 1.29 is 4.79 Å². The van der Waals surface area contributed by atoms with Crippen molar-refractivity contribution in [1.82, 2.24) is 10.3 Å². The Kier molecular flexibility index (Phi) is 3.67. The minimum absolute atomic E-state index is 0.0460. The van der Waals surface area contributed by atoms with Gasteiger partial charge < -0.3 is 10.3 Å². The molecule has 0 saturated heterocycles. The molecule has 0 spiro atoms. The molecule has 0 radical (unpaired) electrons. The maximum atomic E-state index is 11.8. The third kappa shape index (κ3) is 2.45. The van der Waals surface area contributed by atoms with E-state index in [0.717, 1.165) is 0 Å². The monoisotopic (exact) mass is 267 g/mol. The summed E-state index contributed by atoms with van der Waals surface area (Å²) >= 11 is 0. The Hall–Kier alpha value is -2.87. The van der Waals surface area contributed by atoms with Crippen LogP contribution in [0.3, 0.4) is 0 Å². The predicted octanol–water partition coefficient (Wildman–Crippen LogP) is 1.58. The number of aromatic amines is 1. The fourth-order valence-corrected chi connectivity index (χ4v) is 2.00. The molecule has 5 heteroatoms. The van der Waals surface area contributed by atoms with E-state index in [1.54, 1.807) is 44.3 Å². The number of nitrogens with zero attached hydrogens (tertiary/aromatic N) is 1. The summed E-state index contributed by atoms with van der Waals surface area (Å²) in [6, 6.07) is 10.5. The van der Waals surface area contributed by atoms with Crippen molar-refractivity contribution in [3.8, 4) is 17.2 Å². The molecular weight excluding hydrogens is 254 g/mol. The Bertz CT molecular complexity index is 769. The molecule has 0 fully saturated rings. The molecule has 2 rings (SSSR count). The quantitative estimate of drug-likeness (QED) is 0.866. The normalized spacial score (nSPS) is 9.85. The summed E-state index contributed by atoms with van der Waals surface area (Å²) in [5.74, 6) is -0.216. The first-order valence-corrected chi connectivity index (χ1v) is 6.03. The molecule has 1 aromatic carbocycles. The van der Waals surface area contributed by atoms with Gasteiger partial charge in [-0.3, -0.25) is 9.59 Å². The van der Waals surface area contributed by atoms with Crippen LogP contribution in [0.25, 0.3) is 11.1 Å². The predicted molar refractivity (Wildman–Crippen MR) is 75.3 cm³/mol. The first-order valence-electron chi connectivity index (χ1n) is 6.03. The summed E-state index contributed by atoms with van der Waals surface area (Å²) < 4.78 is 0. The highest BCUT2D eigenvalue weighted by Gasteiger charge is 2.12. The number of hydrogen-bond acceptors (Lipinski definition) is 3. The van der Waals surface area contributed by atoms with E-state index < -0.39 is 5.56 Å². The zero-order valence-corrected chi connectivity index (χ0v) is 11.2. The summed E-state index contributed by atoms with van der Waals surface area (Å²) in [6.45, 7) is 1.74. The number of carbonyl (C=O) groups is 1. The molecule has 0 saturated carbocycles. The van der Waals surface area contributed by atoms with Gasteiger partial charge in [0.15, 0.2) is 0 Å². The zero-order valence-electron chi connectivity index (χ0n) is 11.2. The van der Waals surface area contributed by atoms with E-state index in [-0.39, 0.29) is 11.5 Å². The Morgan fingerprint density at radius 3 is 2.75 bits per heavy atom. The molecule has 1 heterocycles. The molecule has 1 amide bonds. The molecule has 0 aliphatic carbocycles. The van der Waals surface area contributed by atoms with Crippen molar-refractivity contribution >= 4 is 5.91 Å². The molecule has 20 heavy (non-hydrogen) atoms. The molecule has 0 atom stereocenters. The van der Waals surface area contributed by atoms with Crippen LogP contribution in [-0.2, 0) is 0 Å². The van der Waals surface area contributed by atoms with Gasteiger partial charge in [-0.05, 0) is 30.7 Å². The van der Waals surface area contributed by atoms with E-state index in [1.807, 2.05) is 6.07 Å². The SMILES string of the molecule is CNC(=O)c1cccc(-c2cc(C)[nH]c(=O)c2C#N)c1. The van der Waals surface area contributed by atoms with Crippen LogP contribution in [0.2, 0.25) is 0 Å². The van der Waals surface area contributed by atoms with Gasteiger partial charge in [-0.25, -0.2) is 0 Å². The van der Waals surface area contributed by atoms with Crippen LogP contribution in [0.4, 0.5) is 0 Å². The standard InChI is InChI=1S/C15H13N3O2/c1-9-6-12(13(8-16)15(20)18-9)10-4-3-5-11(7-10)14(19)17-2/h3-7H,1-2H3,(H,17,19)(H,18,20). The van der Waals surface area contributed by atoms with Crippen LogP contribution in [0.15, 0.2) is 35.1 Å². The number of aryl methyl sites for hydroxylation is 1. The number of aromatic nitrogens is 1. The Labute approximate surface area is 115 Å². The lowest BCUT2D eigenvalue weighted by Gasteiger charge is -2.07. The van der Waals surface area contributed by atoms with E-state index in [0.29, 0.717) is 22.4 Å². The highest BCUT2D eigenvalue weighted by Crippen LogP contribution is 2.22. The van der Waals surface area contributed by atoms with E-state index in [4.69, 9.17) is 5.26 Å². The molecule has 0 bridgehead atoms. The average Bonchev–Trinajstić information content (AvgIpc) is 2.45. The van der Waals surface area contributed by atoms with Crippen molar-refractivity contribution in [3.05, 3.63) is 57.5 Å². The number of rotatable bonds is 2. The van der Waals surface area contributed by atoms with Gasteiger partial charge in [-0.15, -0.1) is 0 Å². The van der Waals surface area contributed by atoms with Crippen LogP contribution >= 0.6 is 0 Å². The zero-order chi connectivity index (χ0) is 14.7. The van der Waals surface area contributed by atoms with E-state index in [9.17, 15) is 9.59 Å². The highest BCUT2D eigenvalue weighted by molar-refractivity contribution is 5.95. The maximum Gasteiger partial charge on any atom is 0.266 e. The van der Waals surface area contributed by atoms with Crippen LogP contribution < -0.4 is 10.9 Å². The molecule has 1 aromatic heterocycles. The first-order chi connectivity index (χ1) is 9.56. The molecule has 2 aromatic rings. The van der Waals surface area contributed by atoms with Crippen LogP contribution in [0.1, 0.15) is 21.6 Å². The highest BCUT2D eigenvalue weighted by atomic mass is 16.1. The molecule has 0 unspecified atom stereocenters. The van der Waals surface area contributed by atoms with E-state index >= 15 is 0 Å². The third-order valence-electron chi connectivity index (χ3n) is 2.94. The second-order valence-electron chi connectivity index (χ2n) is 4.34. The van der Waals surface area contributed by atoms with E-state index in [2.05, 4.69) is 10.3 Å². The van der Waals surface area contributed by atoms with Crippen LogP contribution in [0.5, 0.6) is 0 Å². The number of amides is 1. The van der Waals surface area contributed by atoms with Crippen molar-refractivity contribution in [2.75, 3.05) is 7.05 Å². The first kappa shape index (κ1) is 13.6. The summed E-state index contributed by atoms with van der Waals surface area (Å²) in [5, 5.41) is 11.7. The number of benzene rings is 1. The number of pyridine rings is 1. The minimum atomic E-state index is -0.423.